The van der Waals surface area contributed by atoms with E-state index in [1.54, 1.807) is 20.4 Å². The molecule has 0 bridgehead atoms. The summed E-state index contributed by atoms with van der Waals surface area (Å²) in [5.74, 6) is 2.37. The summed E-state index contributed by atoms with van der Waals surface area (Å²) in [7, 11) is 3.20. The van der Waals surface area contributed by atoms with E-state index in [-0.39, 0.29) is 18.2 Å². The van der Waals surface area contributed by atoms with Gasteiger partial charge in [0, 0.05) is 20.8 Å². The van der Waals surface area contributed by atoms with Gasteiger partial charge in [-0.05, 0) is 15.9 Å². The van der Waals surface area contributed by atoms with Crippen molar-refractivity contribution < 1.29 is 9.47 Å². The van der Waals surface area contributed by atoms with Gasteiger partial charge in [-0.15, -0.1) is 6.42 Å². The molecule has 0 fully saturated rings. The number of nitrogens with zero attached hydrogens (tertiary/aromatic N) is 2. The average Bonchev–Trinajstić information content (AvgIpc) is 2.42. The Labute approximate surface area is 120 Å². The fraction of sp³-hybridized carbons (Fsp3) is 0.500. The number of hydrogen-bond donors (Lipinski definition) is 1. The van der Waals surface area contributed by atoms with Crippen LogP contribution in [0.4, 0.5) is 5.69 Å². The van der Waals surface area contributed by atoms with Crippen LogP contribution in [0.3, 0.4) is 0 Å². The summed E-state index contributed by atoms with van der Waals surface area (Å²) in [6, 6.07) is 0. The van der Waals surface area contributed by atoms with Gasteiger partial charge in [0.1, 0.15) is 11.0 Å². The molecule has 1 N–H and O–H groups in total. The number of anilines is 1. The third-order valence-electron chi connectivity index (χ3n) is 2.43. The molecule has 0 spiro atoms. The normalized spacial score (nSPS) is 11.9. The van der Waals surface area contributed by atoms with E-state index in [4.69, 9.17) is 15.9 Å². The van der Waals surface area contributed by atoms with Crippen molar-refractivity contribution in [2.45, 2.75) is 12.6 Å². The Bertz CT molecular complexity index is 510. The molecule has 1 aromatic rings. The van der Waals surface area contributed by atoms with Gasteiger partial charge in [-0.1, -0.05) is 5.92 Å². The first-order valence-corrected chi connectivity index (χ1v) is 6.38. The summed E-state index contributed by atoms with van der Waals surface area (Å²) < 4.78 is 11.8. The molecule has 0 aliphatic rings. The standard InChI is InChI=1S/C12H16BrN3O3/c1-4-5-16-12(17)11(13)10(7-15-16)14-6-9(19-3)8-18-2/h1,7,9,14H,5-6,8H2,2-3H3. The van der Waals surface area contributed by atoms with Crippen LogP contribution < -0.4 is 10.9 Å². The molecule has 19 heavy (non-hydrogen) atoms. The van der Waals surface area contributed by atoms with Crippen LogP contribution in [0, 0.1) is 12.3 Å². The zero-order valence-corrected chi connectivity index (χ0v) is 12.4. The Balaban J connectivity index is 2.78. The van der Waals surface area contributed by atoms with Gasteiger partial charge in [0.05, 0.1) is 24.6 Å². The number of methoxy groups -OCH3 is 2. The van der Waals surface area contributed by atoms with Gasteiger partial charge in [0.2, 0.25) is 0 Å². The molecule has 0 saturated carbocycles. The molecule has 1 heterocycles. The van der Waals surface area contributed by atoms with Gasteiger partial charge in [0.25, 0.3) is 5.56 Å². The van der Waals surface area contributed by atoms with Gasteiger partial charge in [-0.3, -0.25) is 4.79 Å². The summed E-state index contributed by atoms with van der Waals surface area (Å²) in [5.41, 5.74) is 0.320. The maximum atomic E-state index is 11.9. The van der Waals surface area contributed by atoms with E-state index < -0.39 is 0 Å². The fourth-order valence-corrected chi connectivity index (χ4v) is 1.85. The van der Waals surface area contributed by atoms with Gasteiger partial charge in [-0.25, -0.2) is 4.68 Å². The molecule has 6 nitrogen and oxygen atoms in total. The fourth-order valence-electron chi connectivity index (χ4n) is 1.41. The number of ether oxygens (including phenoxy) is 2. The molecule has 0 saturated heterocycles. The van der Waals surface area contributed by atoms with Crippen molar-refractivity contribution in [3.05, 3.63) is 21.0 Å². The first-order chi connectivity index (χ1) is 9.13. The third-order valence-corrected chi connectivity index (χ3v) is 3.20. The van der Waals surface area contributed by atoms with Crippen molar-refractivity contribution in [3.8, 4) is 12.3 Å². The highest BCUT2D eigenvalue weighted by atomic mass is 79.9. The molecular formula is C12H16BrN3O3. The van der Waals surface area contributed by atoms with E-state index in [0.717, 1.165) is 0 Å². The lowest BCUT2D eigenvalue weighted by Gasteiger charge is -2.16. The van der Waals surface area contributed by atoms with Gasteiger partial charge in [-0.2, -0.15) is 5.10 Å². The lowest BCUT2D eigenvalue weighted by Crippen LogP contribution is -2.29. The minimum absolute atomic E-state index is 0.106. The molecule has 1 unspecified atom stereocenters. The number of nitrogens with one attached hydrogen (secondary N) is 1. The highest BCUT2D eigenvalue weighted by Gasteiger charge is 2.11. The lowest BCUT2D eigenvalue weighted by atomic mass is 10.3. The number of rotatable bonds is 7. The van der Waals surface area contributed by atoms with Crippen molar-refractivity contribution >= 4 is 21.6 Å². The zero-order chi connectivity index (χ0) is 14.3. The molecule has 0 aromatic carbocycles. The Kier molecular flexibility index (Phi) is 6.56. The second-order valence-electron chi connectivity index (χ2n) is 3.73. The first kappa shape index (κ1) is 15.7. The van der Waals surface area contributed by atoms with Crippen LogP contribution in [0.5, 0.6) is 0 Å². The second-order valence-corrected chi connectivity index (χ2v) is 4.53. The van der Waals surface area contributed by atoms with E-state index in [2.05, 4.69) is 32.3 Å². The molecule has 0 amide bonds. The van der Waals surface area contributed by atoms with Gasteiger partial charge in [0.15, 0.2) is 0 Å². The highest BCUT2D eigenvalue weighted by molar-refractivity contribution is 9.10. The molecule has 104 valence electrons. The van der Waals surface area contributed by atoms with E-state index in [0.29, 0.717) is 23.3 Å². The van der Waals surface area contributed by atoms with Crippen molar-refractivity contribution in [1.29, 1.82) is 0 Å². The first-order valence-electron chi connectivity index (χ1n) is 5.58. The van der Waals surface area contributed by atoms with Crippen LogP contribution in [0.1, 0.15) is 0 Å². The zero-order valence-electron chi connectivity index (χ0n) is 10.9. The molecule has 1 rings (SSSR count). The minimum Gasteiger partial charge on any atom is -0.382 e. The van der Waals surface area contributed by atoms with E-state index in [9.17, 15) is 4.79 Å². The van der Waals surface area contributed by atoms with E-state index in [1.807, 2.05) is 0 Å². The highest BCUT2D eigenvalue weighted by Crippen LogP contribution is 2.16. The van der Waals surface area contributed by atoms with Crippen molar-refractivity contribution in [2.75, 3.05) is 32.7 Å². The molecule has 0 aliphatic carbocycles. The predicted molar refractivity (Wildman–Crippen MR) is 76.2 cm³/mol. The number of terminal acetylenes is 1. The third kappa shape index (κ3) is 4.35. The number of aromatic nitrogens is 2. The Morgan fingerprint density at radius 3 is 2.95 bits per heavy atom. The maximum absolute atomic E-state index is 11.9. The van der Waals surface area contributed by atoms with Crippen molar-refractivity contribution in [2.24, 2.45) is 0 Å². The molecule has 0 aliphatic heterocycles. The van der Waals surface area contributed by atoms with E-state index in [1.165, 1.54) is 4.68 Å². The quantitative estimate of drug-likeness (QED) is 0.746. The molecular weight excluding hydrogens is 314 g/mol. The number of halogens is 1. The molecule has 1 atom stereocenters. The van der Waals surface area contributed by atoms with Crippen LogP contribution >= 0.6 is 15.9 Å². The van der Waals surface area contributed by atoms with Crippen LogP contribution in [0.2, 0.25) is 0 Å². The Hall–Kier alpha value is -1.36. The lowest BCUT2D eigenvalue weighted by molar-refractivity contribution is 0.0365. The summed E-state index contributed by atoms with van der Waals surface area (Å²) in [6.07, 6.45) is 6.59. The summed E-state index contributed by atoms with van der Waals surface area (Å²) >= 11 is 3.24. The molecule has 0 radical (unpaired) electrons. The molecule has 1 aromatic heterocycles. The Morgan fingerprint density at radius 2 is 2.37 bits per heavy atom. The van der Waals surface area contributed by atoms with Crippen LogP contribution in [0.25, 0.3) is 0 Å². The maximum Gasteiger partial charge on any atom is 0.284 e. The summed E-state index contributed by atoms with van der Waals surface area (Å²) in [6.45, 7) is 1.11. The van der Waals surface area contributed by atoms with E-state index >= 15 is 0 Å². The van der Waals surface area contributed by atoms with Crippen LogP contribution in [-0.2, 0) is 16.0 Å². The Morgan fingerprint density at radius 1 is 1.63 bits per heavy atom. The summed E-state index contributed by atoms with van der Waals surface area (Å²) in [4.78, 5) is 11.9. The SMILES string of the molecule is C#CCn1ncc(NCC(COC)OC)c(Br)c1=O. The van der Waals surface area contributed by atoms with Crippen molar-refractivity contribution in [1.82, 2.24) is 9.78 Å². The monoisotopic (exact) mass is 329 g/mol. The predicted octanol–water partition coefficient (Wildman–Crippen LogP) is 0.712. The second kappa shape index (κ2) is 7.94. The largest absolute Gasteiger partial charge is 0.382 e. The smallest absolute Gasteiger partial charge is 0.284 e. The molecule has 7 heteroatoms. The van der Waals surface area contributed by atoms with Gasteiger partial charge >= 0.3 is 0 Å². The van der Waals surface area contributed by atoms with Gasteiger partial charge < -0.3 is 14.8 Å². The van der Waals surface area contributed by atoms with Crippen LogP contribution in [-0.4, -0.2) is 43.3 Å². The summed E-state index contributed by atoms with van der Waals surface area (Å²) in [5, 5.41) is 7.06. The van der Waals surface area contributed by atoms with Crippen LogP contribution in [0.15, 0.2) is 15.5 Å². The van der Waals surface area contributed by atoms with Crippen molar-refractivity contribution in [3.63, 3.8) is 0 Å². The number of hydrogen-bond acceptors (Lipinski definition) is 5. The average molecular weight is 330 g/mol. The minimum atomic E-state index is -0.274. The topological polar surface area (TPSA) is 65.4 Å².